The fourth-order valence-electron chi connectivity index (χ4n) is 2.70. The summed E-state index contributed by atoms with van der Waals surface area (Å²) in [5, 5.41) is 7.42. The van der Waals surface area contributed by atoms with E-state index in [0.717, 1.165) is 41.9 Å². The lowest BCUT2D eigenvalue weighted by atomic mass is 10.1. The summed E-state index contributed by atoms with van der Waals surface area (Å²) in [6, 6.07) is 5.70. The fraction of sp³-hybridized carbons (Fsp3) is 0.455. The summed E-state index contributed by atoms with van der Waals surface area (Å²) in [5.41, 5.74) is 2.17. The summed E-state index contributed by atoms with van der Waals surface area (Å²) < 4.78 is 22.3. The smallest absolute Gasteiger partial charge is 0.254 e. The summed E-state index contributed by atoms with van der Waals surface area (Å²) >= 11 is 0. The van der Waals surface area contributed by atoms with Crippen LogP contribution in [0, 0.1) is 13.8 Å². The molecule has 0 unspecified atom stereocenters. The Morgan fingerprint density at radius 3 is 2.41 bits per heavy atom. The molecular formula is C22H30N2O5. The van der Waals surface area contributed by atoms with Crippen molar-refractivity contribution in [2.75, 3.05) is 26.9 Å². The molecule has 1 heterocycles. The molecule has 7 nitrogen and oxygen atoms in total. The van der Waals surface area contributed by atoms with Crippen LogP contribution in [-0.4, -0.2) is 38.3 Å². The van der Waals surface area contributed by atoms with Crippen molar-refractivity contribution in [1.82, 2.24) is 5.16 Å². The number of allylic oxidation sites excluding steroid dienone is 1. The summed E-state index contributed by atoms with van der Waals surface area (Å²) in [7, 11) is 1.46. The Morgan fingerprint density at radius 2 is 1.72 bits per heavy atom. The van der Waals surface area contributed by atoms with Crippen LogP contribution in [0.3, 0.4) is 0 Å². The van der Waals surface area contributed by atoms with Gasteiger partial charge in [0.05, 0.1) is 19.3 Å². The van der Waals surface area contributed by atoms with Crippen LogP contribution in [0.2, 0.25) is 0 Å². The SMILES string of the molecule is C/C=C/COc1cc(C)c(OCCCCCOc2cc(/C=N/OC)on2)c(C)c1. The van der Waals surface area contributed by atoms with Gasteiger partial charge in [-0.05, 0) is 68.4 Å². The van der Waals surface area contributed by atoms with E-state index in [1.54, 1.807) is 6.07 Å². The van der Waals surface area contributed by atoms with Crippen molar-refractivity contribution in [3.63, 3.8) is 0 Å². The monoisotopic (exact) mass is 402 g/mol. The number of rotatable bonds is 13. The Hall–Kier alpha value is -2.96. The summed E-state index contributed by atoms with van der Waals surface area (Å²) in [4.78, 5) is 4.58. The van der Waals surface area contributed by atoms with Gasteiger partial charge in [0, 0.05) is 0 Å². The van der Waals surface area contributed by atoms with E-state index >= 15 is 0 Å². The molecule has 0 N–H and O–H groups in total. The lowest BCUT2D eigenvalue weighted by Crippen LogP contribution is -2.03. The van der Waals surface area contributed by atoms with Crippen LogP contribution in [0.15, 0.2) is 40.0 Å². The van der Waals surface area contributed by atoms with Crippen LogP contribution in [0.5, 0.6) is 17.4 Å². The van der Waals surface area contributed by atoms with Gasteiger partial charge in [0.1, 0.15) is 31.4 Å². The highest BCUT2D eigenvalue weighted by molar-refractivity contribution is 5.75. The fourth-order valence-corrected chi connectivity index (χ4v) is 2.70. The van der Waals surface area contributed by atoms with Gasteiger partial charge in [-0.15, -0.1) is 0 Å². The second-order valence-electron chi connectivity index (χ2n) is 6.51. The number of hydrogen-bond acceptors (Lipinski definition) is 7. The van der Waals surface area contributed by atoms with Crippen LogP contribution < -0.4 is 14.2 Å². The van der Waals surface area contributed by atoms with E-state index in [1.807, 2.05) is 45.1 Å². The van der Waals surface area contributed by atoms with Gasteiger partial charge in [0.25, 0.3) is 5.88 Å². The molecule has 0 aliphatic rings. The number of nitrogens with zero attached hydrogens (tertiary/aromatic N) is 2. The highest BCUT2D eigenvalue weighted by Gasteiger charge is 2.07. The zero-order valence-corrected chi connectivity index (χ0v) is 17.6. The lowest BCUT2D eigenvalue weighted by molar-refractivity contribution is 0.214. The molecular weight excluding hydrogens is 372 g/mol. The number of oxime groups is 1. The van der Waals surface area contributed by atoms with Gasteiger partial charge in [0.2, 0.25) is 0 Å². The van der Waals surface area contributed by atoms with Crippen LogP contribution in [0.25, 0.3) is 0 Å². The molecule has 0 bridgehead atoms. The van der Waals surface area contributed by atoms with E-state index < -0.39 is 0 Å². The molecule has 0 aliphatic heterocycles. The van der Waals surface area contributed by atoms with Gasteiger partial charge < -0.3 is 23.6 Å². The van der Waals surface area contributed by atoms with E-state index in [9.17, 15) is 0 Å². The van der Waals surface area contributed by atoms with Crippen molar-refractivity contribution >= 4 is 6.21 Å². The Kier molecular flexibility index (Phi) is 9.62. The average Bonchev–Trinajstić information content (AvgIpc) is 3.15. The predicted molar refractivity (Wildman–Crippen MR) is 112 cm³/mol. The molecule has 0 spiro atoms. The number of benzene rings is 1. The molecule has 158 valence electrons. The van der Waals surface area contributed by atoms with E-state index in [4.69, 9.17) is 18.7 Å². The largest absolute Gasteiger partial charge is 0.493 e. The maximum absolute atomic E-state index is 5.99. The molecule has 0 saturated heterocycles. The molecule has 0 atom stereocenters. The van der Waals surface area contributed by atoms with Crippen molar-refractivity contribution in [3.05, 3.63) is 47.2 Å². The lowest BCUT2D eigenvalue weighted by Gasteiger charge is -2.14. The van der Waals surface area contributed by atoms with Gasteiger partial charge in [0.15, 0.2) is 5.76 Å². The number of ether oxygens (including phenoxy) is 3. The summed E-state index contributed by atoms with van der Waals surface area (Å²) in [6.45, 7) is 7.89. The standard InChI is InChI=1S/C22H30N2O5/c1-5-6-10-26-19-13-17(2)22(18(3)14-19)28-12-9-7-8-11-27-21-15-20(29-24-21)16-23-25-4/h5-6,13-16H,7-12H2,1-4H3/b6-5+,23-16+. The topological polar surface area (TPSA) is 75.3 Å². The maximum Gasteiger partial charge on any atom is 0.254 e. The van der Waals surface area contributed by atoms with Gasteiger partial charge >= 0.3 is 0 Å². The summed E-state index contributed by atoms with van der Waals surface area (Å²) in [6.07, 6.45) is 8.25. The predicted octanol–water partition coefficient (Wildman–Crippen LogP) is 4.85. The van der Waals surface area contributed by atoms with Crippen molar-refractivity contribution in [2.24, 2.45) is 5.16 Å². The average molecular weight is 402 g/mol. The van der Waals surface area contributed by atoms with Gasteiger partial charge in [-0.2, -0.15) is 0 Å². The first kappa shape index (κ1) is 22.3. The van der Waals surface area contributed by atoms with Gasteiger partial charge in [-0.25, -0.2) is 0 Å². The third kappa shape index (κ3) is 7.89. The maximum atomic E-state index is 5.99. The molecule has 1 aromatic carbocycles. The minimum atomic E-state index is 0.446. The van der Waals surface area contributed by atoms with Crippen LogP contribution in [-0.2, 0) is 4.84 Å². The molecule has 2 aromatic rings. The molecule has 0 fully saturated rings. The Bertz CT molecular complexity index is 775. The Labute approximate surface area is 172 Å². The Balaban J connectivity index is 1.65. The van der Waals surface area contributed by atoms with Crippen molar-refractivity contribution in [1.29, 1.82) is 0 Å². The minimum absolute atomic E-state index is 0.446. The first-order valence-corrected chi connectivity index (χ1v) is 9.78. The van der Waals surface area contributed by atoms with Crippen LogP contribution >= 0.6 is 0 Å². The van der Waals surface area contributed by atoms with E-state index in [1.165, 1.54) is 13.3 Å². The van der Waals surface area contributed by atoms with E-state index in [2.05, 4.69) is 15.1 Å². The van der Waals surface area contributed by atoms with Crippen LogP contribution in [0.4, 0.5) is 0 Å². The molecule has 0 aliphatic carbocycles. The highest BCUT2D eigenvalue weighted by Crippen LogP contribution is 2.28. The van der Waals surface area contributed by atoms with Crippen molar-refractivity contribution < 1.29 is 23.6 Å². The zero-order chi connectivity index (χ0) is 20.9. The molecule has 2 rings (SSSR count). The van der Waals surface area contributed by atoms with Gasteiger partial charge in [-0.3, -0.25) is 0 Å². The molecule has 0 radical (unpaired) electrons. The molecule has 7 heteroatoms. The third-order valence-electron chi connectivity index (χ3n) is 4.09. The molecule has 29 heavy (non-hydrogen) atoms. The number of aromatic nitrogens is 1. The molecule has 0 saturated carbocycles. The van der Waals surface area contributed by atoms with Crippen LogP contribution in [0.1, 0.15) is 43.1 Å². The normalized spacial score (nSPS) is 11.3. The number of unbranched alkanes of at least 4 members (excludes halogenated alkanes) is 2. The number of hydrogen-bond donors (Lipinski definition) is 0. The van der Waals surface area contributed by atoms with Gasteiger partial charge in [-0.1, -0.05) is 17.3 Å². The second-order valence-corrected chi connectivity index (χ2v) is 6.51. The quantitative estimate of drug-likeness (QED) is 0.206. The first-order valence-electron chi connectivity index (χ1n) is 9.78. The minimum Gasteiger partial charge on any atom is -0.493 e. The molecule has 1 aromatic heterocycles. The highest BCUT2D eigenvalue weighted by atomic mass is 16.6. The second kappa shape index (κ2) is 12.5. The molecule has 0 amide bonds. The zero-order valence-electron chi connectivity index (χ0n) is 17.6. The van der Waals surface area contributed by atoms with E-state index in [0.29, 0.717) is 31.5 Å². The Morgan fingerprint density at radius 1 is 1.00 bits per heavy atom. The van der Waals surface area contributed by atoms with Crippen molar-refractivity contribution in [3.8, 4) is 17.4 Å². The van der Waals surface area contributed by atoms with Crippen molar-refractivity contribution in [2.45, 2.75) is 40.0 Å². The third-order valence-corrected chi connectivity index (χ3v) is 4.09. The summed E-state index contributed by atoms with van der Waals surface area (Å²) in [5.74, 6) is 2.74. The number of aryl methyl sites for hydroxylation is 2. The first-order chi connectivity index (χ1) is 14.1. The van der Waals surface area contributed by atoms with E-state index in [-0.39, 0.29) is 0 Å².